The van der Waals surface area contributed by atoms with E-state index < -0.39 is 11.6 Å². The van der Waals surface area contributed by atoms with E-state index in [2.05, 4.69) is 5.32 Å². The Balaban J connectivity index is 1.87. The summed E-state index contributed by atoms with van der Waals surface area (Å²) in [6.45, 7) is 0.520. The Bertz CT molecular complexity index is 560. The first-order chi connectivity index (χ1) is 10.2. The fraction of sp³-hybridized carbons (Fsp3) is 0.294. The number of para-hydroxylation sites is 1. The Hall–Kier alpha value is -1.94. The molecule has 0 aromatic heterocycles. The number of rotatable bonds is 7. The molecule has 0 bridgehead atoms. The molecule has 1 N–H and O–H groups in total. The maximum Gasteiger partial charge on any atom is 0.162 e. The summed E-state index contributed by atoms with van der Waals surface area (Å²) in [4.78, 5) is 0. The van der Waals surface area contributed by atoms with Gasteiger partial charge in [-0.05, 0) is 43.7 Å². The first-order valence-electron chi connectivity index (χ1n) is 6.98. The molecule has 2 rings (SSSR count). The quantitative estimate of drug-likeness (QED) is 0.842. The maximum absolute atomic E-state index is 13.7. The number of hydrogen-bond donors (Lipinski definition) is 1. The first kappa shape index (κ1) is 15.4. The van der Waals surface area contributed by atoms with Crippen LogP contribution in [0.2, 0.25) is 0 Å². The minimum Gasteiger partial charge on any atom is -0.494 e. The van der Waals surface area contributed by atoms with Crippen LogP contribution in [-0.4, -0.2) is 19.7 Å². The number of ether oxygens (including phenoxy) is 1. The van der Waals surface area contributed by atoms with E-state index in [1.54, 1.807) is 6.07 Å². The van der Waals surface area contributed by atoms with E-state index in [0.29, 0.717) is 25.0 Å². The van der Waals surface area contributed by atoms with Crippen molar-refractivity contribution in [1.29, 1.82) is 0 Å². The molecule has 0 amide bonds. The average Bonchev–Trinajstić information content (AvgIpc) is 2.51. The number of benzene rings is 2. The lowest BCUT2D eigenvalue weighted by atomic mass is 10.0. The molecule has 2 aromatic rings. The van der Waals surface area contributed by atoms with Gasteiger partial charge in [0.15, 0.2) is 11.6 Å². The van der Waals surface area contributed by atoms with E-state index in [9.17, 15) is 8.78 Å². The number of hydrogen-bond acceptors (Lipinski definition) is 2. The summed E-state index contributed by atoms with van der Waals surface area (Å²) in [7, 11) is 1.81. The molecule has 0 aliphatic carbocycles. The van der Waals surface area contributed by atoms with Crippen molar-refractivity contribution in [2.45, 2.75) is 18.9 Å². The molecule has 0 aliphatic heterocycles. The fourth-order valence-electron chi connectivity index (χ4n) is 2.16. The molecule has 0 spiro atoms. The van der Waals surface area contributed by atoms with E-state index in [-0.39, 0.29) is 6.04 Å². The molecule has 0 radical (unpaired) electrons. The van der Waals surface area contributed by atoms with Gasteiger partial charge in [0.25, 0.3) is 0 Å². The summed E-state index contributed by atoms with van der Waals surface area (Å²) in [5.41, 5.74) is 0.383. The highest BCUT2D eigenvalue weighted by molar-refractivity contribution is 5.21. The molecular weight excluding hydrogens is 272 g/mol. The standard InChI is InChI=1S/C17H19F2NO/c1-20-14(10-11-21-15-7-3-2-4-8-15)12-13-6-5-9-16(18)17(13)19/h2-9,14,20H,10-12H2,1H3. The molecule has 1 unspecified atom stereocenters. The monoisotopic (exact) mass is 291 g/mol. The highest BCUT2D eigenvalue weighted by Gasteiger charge is 2.13. The SMILES string of the molecule is CNC(CCOc1ccccc1)Cc1cccc(F)c1F. The maximum atomic E-state index is 13.7. The predicted octanol–water partition coefficient (Wildman–Crippen LogP) is 3.56. The lowest BCUT2D eigenvalue weighted by molar-refractivity contribution is 0.287. The lowest BCUT2D eigenvalue weighted by Crippen LogP contribution is -2.30. The van der Waals surface area contributed by atoms with Gasteiger partial charge in [-0.1, -0.05) is 30.3 Å². The Morgan fingerprint density at radius 3 is 2.52 bits per heavy atom. The Morgan fingerprint density at radius 2 is 1.81 bits per heavy atom. The second kappa shape index (κ2) is 7.74. The van der Waals surface area contributed by atoms with Crippen molar-refractivity contribution in [3.8, 4) is 5.75 Å². The van der Waals surface area contributed by atoms with Crippen LogP contribution in [0.3, 0.4) is 0 Å². The van der Waals surface area contributed by atoms with Crippen LogP contribution in [0.25, 0.3) is 0 Å². The van der Waals surface area contributed by atoms with Gasteiger partial charge < -0.3 is 10.1 Å². The second-order valence-corrected chi connectivity index (χ2v) is 4.85. The van der Waals surface area contributed by atoms with Gasteiger partial charge in [-0.2, -0.15) is 0 Å². The molecule has 0 saturated carbocycles. The van der Waals surface area contributed by atoms with Crippen molar-refractivity contribution in [2.24, 2.45) is 0 Å². The van der Waals surface area contributed by atoms with E-state index in [1.807, 2.05) is 37.4 Å². The molecule has 0 fully saturated rings. The molecule has 112 valence electrons. The summed E-state index contributed by atoms with van der Waals surface area (Å²) < 4.78 is 32.5. The minimum absolute atomic E-state index is 0.0324. The van der Waals surface area contributed by atoms with Gasteiger partial charge in [0.1, 0.15) is 5.75 Å². The van der Waals surface area contributed by atoms with E-state index in [1.165, 1.54) is 6.07 Å². The number of likely N-dealkylation sites (N-methyl/N-ethyl adjacent to an activating group) is 1. The van der Waals surface area contributed by atoms with Crippen LogP contribution in [-0.2, 0) is 6.42 Å². The zero-order valence-electron chi connectivity index (χ0n) is 12.0. The van der Waals surface area contributed by atoms with Crippen LogP contribution in [0.4, 0.5) is 8.78 Å². The van der Waals surface area contributed by atoms with Gasteiger partial charge in [-0.15, -0.1) is 0 Å². The first-order valence-corrected chi connectivity index (χ1v) is 6.98. The van der Waals surface area contributed by atoms with Crippen LogP contribution in [0.5, 0.6) is 5.75 Å². The van der Waals surface area contributed by atoms with Gasteiger partial charge in [0, 0.05) is 6.04 Å². The highest BCUT2D eigenvalue weighted by Crippen LogP contribution is 2.15. The molecule has 0 heterocycles. The Labute approximate surface area is 123 Å². The molecule has 2 aromatic carbocycles. The summed E-state index contributed by atoms with van der Waals surface area (Å²) in [6.07, 6.45) is 1.14. The number of halogens is 2. The molecule has 2 nitrogen and oxygen atoms in total. The largest absolute Gasteiger partial charge is 0.494 e. The van der Waals surface area contributed by atoms with Crippen molar-refractivity contribution in [1.82, 2.24) is 5.32 Å². The van der Waals surface area contributed by atoms with E-state index >= 15 is 0 Å². The van der Waals surface area contributed by atoms with Crippen molar-refractivity contribution < 1.29 is 13.5 Å². The van der Waals surface area contributed by atoms with Gasteiger partial charge in [-0.3, -0.25) is 0 Å². The zero-order chi connectivity index (χ0) is 15.1. The van der Waals surface area contributed by atoms with E-state index in [4.69, 9.17) is 4.74 Å². The number of nitrogens with one attached hydrogen (secondary N) is 1. The summed E-state index contributed by atoms with van der Waals surface area (Å²) in [6, 6.07) is 13.8. The third-order valence-electron chi connectivity index (χ3n) is 3.38. The van der Waals surface area contributed by atoms with Crippen molar-refractivity contribution in [3.05, 3.63) is 65.7 Å². The Morgan fingerprint density at radius 1 is 1.05 bits per heavy atom. The molecule has 4 heteroatoms. The average molecular weight is 291 g/mol. The van der Waals surface area contributed by atoms with Crippen LogP contribution < -0.4 is 10.1 Å². The molecule has 0 saturated heterocycles. The molecule has 21 heavy (non-hydrogen) atoms. The van der Waals surface area contributed by atoms with Gasteiger partial charge >= 0.3 is 0 Å². The van der Waals surface area contributed by atoms with Gasteiger partial charge in [0.2, 0.25) is 0 Å². The van der Waals surface area contributed by atoms with Crippen LogP contribution in [0, 0.1) is 11.6 Å². The molecule has 1 atom stereocenters. The van der Waals surface area contributed by atoms with Crippen molar-refractivity contribution in [2.75, 3.05) is 13.7 Å². The predicted molar refractivity (Wildman–Crippen MR) is 79.5 cm³/mol. The molecular formula is C17H19F2NO. The van der Waals surface area contributed by atoms with Crippen LogP contribution in [0.15, 0.2) is 48.5 Å². The van der Waals surface area contributed by atoms with Crippen molar-refractivity contribution in [3.63, 3.8) is 0 Å². The summed E-state index contributed by atoms with van der Waals surface area (Å²) in [5.74, 6) is -0.756. The second-order valence-electron chi connectivity index (χ2n) is 4.85. The van der Waals surface area contributed by atoms with Gasteiger partial charge in [0.05, 0.1) is 6.61 Å². The highest BCUT2D eigenvalue weighted by atomic mass is 19.2. The third kappa shape index (κ3) is 4.53. The normalized spacial score (nSPS) is 12.1. The zero-order valence-corrected chi connectivity index (χ0v) is 12.0. The smallest absolute Gasteiger partial charge is 0.162 e. The summed E-state index contributed by atoms with van der Waals surface area (Å²) in [5, 5.41) is 3.11. The van der Waals surface area contributed by atoms with Gasteiger partial charge in [-0.25, -0.2) is 8.78 Å². The minimum atomic E-state index is -0.803. The topological polar surface area (TPSA) is 21.3 Å². The summed E-state index contributed by atoms with van der Waals surface area (Å²) >= 11 is 0. The molecule has 0 aliphatic rings. The fourth-order valence-corrected chi connectivity index (χ4v) is 2.16. The van der Waals surface area contributed by atoms with Crippen LogP contribution in [0.1, 0.15) is 12.0 Å². The van der Waals surface area contributed by atoms with Crippen LogP contribution >= 0.6 is 0 Å². The third-order valence-corrected chi connectivity index (χ3v) is 3.38. The Kier molecular flexibility index (Phi) is 5.69. The lowest BCUT2D eigenvalue weighted by Gasteiger charge is -2.17. The van der Waals surface area contributed by atoms with Crippen molar-refractivity contribution >= 4 is 0 Å². The van der Waals surface area contributed by atoms with E-state index in [0.717, 1.165) is 11.8 Å².